The highest BCUT2D eigenvalue weighted by atomic mass is 32.2. The van der Waals surface area contributed by atoms with E-state index in [0.29, 0.717) is 5.75 Å². The summed E-state index contributed by atoms with van der Waals surface area (Å²) in [5.74, 6) is 0.476. The lowest BCUT2D eigenvalue weighted by Crippen LogP contribution is -2.15. The van der Waals surface area contributed by atoms with E-state index in [2.05, 4.69) is 5.32 Å². The molecule has 0 saturated heterocycles. The summed E-state index contributed by atoms with van der Waals surface area (Å²) >= 11 is 1.51. The normalized spacial score (nSPS) is 10.2. The maximum atomic E-state index is 13.3. The van der Waals surface area contributed by atoms with E-state index in [0.717, 1.165) is 5.75 Å². The molecule has 2 aromatic rings. The van der Waals surface area contributed by atoms with Gasteiger partial charge in [-0.3, -0.25) is 4.79 Å². The van der Waals surface area contributed by atoms with Gasteiger partial charge in [-0.15, -0.1) is 11.8 Å². The van der Waals surface area contributed by atoms with Crippen LogP contribution in [0.4, 0.5) is 10.1 Å². The average molecular weight is 275 g/mol. The van der Waals surface area contributed by atoms with Crippen molar-refractivity contribution in [3.05, 3.63) is 66.0 Å². The van der Waals surface area contributed by atoms with Crippen molar-refractivity contribution in [2.75, 3.05) is 11.1 Å². The van der Waals surface area contributed by atoms with Gasteiger partial charge in [0.2, 0.25) is 5.91 Å². The van der Waals surface area contributed by atoms with Crippen molar-refractivity contribution in [1.82, 2.24) is 0 Å². The number of halogens is 1. The fourth-order valence-electron chi connectivity index (χ4n) is 1.58. The van der Waals surface area contributed by atoms with Gasteiger partial charge < -0.3 is 5.32 Å². The first-order chi connectivity index (χ1) is 9.25. The van der Waals surface area contributed by atoms with E-state index in [9.17, 15) is 9.18 Å². The van der Waals surface area contributed by atoms with Gasteiger partial charge in [0.15, 0.2) is 0 Å². The molecule has 4 heteroatoms. The first-order valence-corrected chi connectivity index (χ1v) is 7.07. The molecule has 0 aromatic heterocycles. The molecule has 98 valence electrons. The Kier molecular flexibility index (Phi) is 4.98. The van der Waals surface area contributed by atoms with Gasteiger partial charge in [0.05, 0.1) is 11.4 Å². The van der Waals surface area contributed by atoms with Gasteiger partial charge in [-0.2, -0.15) is 0 Å². The lowest BCUT2D eigenvalue weighted by atomic mass is 10.2. The SMILES string of the molecule is O=C(CSCc1ccccc1)Nc1ccccc1F. The van der Waals surface area contributed by atoms with Gasteiger partial charge in [0, 0.05) is 5.75 Å². The Bertz CT molecular complexity index is 545. The molecular formula is C15H14FNOS. The minimum absolute atomic E-state index is 0.189. The lowest BCUT2D eigenvalue weighted by molar-refractivity contribution is -0.113. The molecule has 1 amide bonds. The number of benzene rings is 2. The van der Waals surface area contributed by atoms with Crippen molar-refractivity contribution in [3.8, 4) is 0 Å². The lowest BCUT2D eigenvalue weighted by Gasteiger charge is -2.06. The van der Waals surface area contributed by atoms with Gasteiger partial charge in [-0.05, 0) is 17.7 Å². The second-order valence-electron chi connectivity index (χ2n) is 4.01. The molecule has 0 heterocycles. The van der Waals surface area contributed by atoms with Crippen molar-refractivity contribution >= 4 is 23.4 Å². The number of hydrogen-bond donors (Lipinski definition) is 1. The molecule has 2 nitrogen and oxygen atoms in total. The standard InChI is InChI=1S/C15H14FNOS/c16-13-8-4-5-9-14(13)17-15(18)11-19-10-12-6-2-1-3-7-12/h1-9H,10-11H2,(H,17,18). The van der Waals surface area contributed by atoms with Crippen LogP contribution in [0.1, 0.15) is 5.56 Å². The van der Waals surface area contributed by atoms with Crippen molar-refractivity contribution < 1.29 is 9.18 Å². The third-order valence-electron chi connectivity index (χ3n) is 2.49. The monoisotopic (exact) mass is 275 g/mol. The summed E-state index contributed by atoms with van der Waals surface area (Å²) in [6, 6.07) is 16.1. The van der Waals surface area contributed by atoms with E-state index in [1.807, 2.05) is 30.3 Å². The Morgan fingerprint density at radius 2 is 1.74 bits per heavy atom. The summed E-state index contributed by atoms with van der Waals surface area (Å²) in [5, 5.41) is 2.56. The molecule has 0 radical (unpaired) electrons. The number of carbonyl (C=O) groups is 1. The quantitative estimate of drug-likeness (QED) is 0.901. The first kappa shape index (κ1) is 13.6. The number of para-hydroxylation sites is 1. The molecular weight excluding hydrogens is 261 g/mol. The van der Waals surface area contributed by atoms with Crippen LogP contribution in [0.3, 0.4) is 0 Å². The van der Waals surface area contributed by atoms with E-state index in [1.165, 1.54) is 23.4 Å². The molecule has 0 spiro atoms. The summed E-state index contributed by atoms with van der Waals surface area (Å²) < 4.78 is 13.3. The fraction of sp³-hybridized carbons (Fsp3) is 0.133. The van der Waals surface area contributed by atoms with E-state index < -0.39 is 5.82 Å². The van der Waals surface area contributed by atoms with E-state index in [4.69, 9.17) is 0 Å². The molecule has 2 aromatic carbocycles. The van der Waals surface area contributed by atoms with Crippen LogP contribution in [0.25, 0.3) is 0 Å². The van der Waals surface area contributed by atoms with Crippen molar-refractivity contribution in [3.63, 3.8) is 0 Å². The molecule has 0 fully saturated rings. The summed E-state index contributed by atoms with van der Waals surface area (Å²) in [6.45, 7) is 0. The van der Waals surface area contributed by atoms with Crippen molar-refractivity contribution in [2.45, 2.75) is 5.75 Å². The fourth-order valence-corrected chi connectivity index (χ4v) is 2.37. The number of rotatable bonds is 5. The van der Waals surface area contributed by atoms with Crippen LogP contribution in [0.2, 0.25) is 0 Å². The molecule has 0 bridgehead atoms. The summed E-state index contributed by atoms with van der Waals surface area (Å²) in [5.41, 5.74) is 1.40. The highest BCUT2D eigenvalue weighted by Gasteiger charge is 2.06. The smallest absolute Gasteiger partial charge is 0.234 e. The van der Waals surface area contributed by atoms with Crippen LogP contribution < -0.4 is 5.32 Å². The third-order valence-corrected chi connectivity index (χ3v) is 3.50. The second-order valence-corrected chi connectivity index (χ2v) is 4.99. The Hall–Kier alpha value is -1.81. The number of thioether (sulfide) groups is 1. The molecule has 0 aliphatic heterocycles. The first-order valence-electron chi connectivity index (χ1n) is 5.92. The minimum Gasteiger partial charge on any atom is -0.323 e. The Labute approximate surface area is 116 Å². The van der Waals surface area contributed by atoms with Crippen LogP contribution in [-0.4, -0.2) is 11.7 Å². The van der Waals surface area contributed by atoms with Crippen LogP contribution in [-0.2, 0) is 10.5 Å². The zero-order valence-electron chi connectivity index (χ0n) is 10.3. The van der Waals surface area contributed by atoms with E-state index in [1.54, 1.807) is 18.2 Å². The minimum atomic E-state index is -0.413. The van der Waals surface area contributed by atoms with E-state index >= 15 is 0 Å². The van der Waals surface area contributed by atoms with Gasteiger partial charge in [0.25, 0.3) is 0 Å². The van der Waals surface area contributed by atoms with Crippen LogP contribution in [0.15, 0.2) is 54.6 Å². The van der Waals surface area contributed by atoms with Crippen molar-refractivity contribution in [1.29, 1.82) is 0 Å². The number of carbonyl (C=O) groups excluding carboxylic acids is 1. The van der Waals surface area contributed by atoms with Crippen molar-refractivity contribution in [2.24, 2.45) is 0 Å². The number of amides is 1. The van der Waals surface area contributed by atoms with Gasteiger partial charge in [-0.25, -0.2) is 4.39 Å². The van der Waals surface area contributed by atoms with Crippen LogP contribution in [0, 0.1) is 5.82 Å². The maximum Gasteiger partial charge on any atom is 0.234 e. The molecule has 0 unspecified atom stereocenters. The highest BCUT2D eigenvalue weighted by Crippen LogP contribution is 2.15. The number of nitrogens with one attached hydrogen (secondary N) is 1. The zero-order valence-corrected chi connectivity index (χ0v) is 11.1. The third kappa shape index (κ3) is 4.41. The topological polar surface area (TPSA) is 29.1 Å². The molecule has 0 aliphatic rings. The van der Waals surface area contributed by atoms with Gasteiger partial charge in [-0.1, -0.05) is 42.5 Å². The molecule has 19 heavy (non-hydrogen) atoms. The predicted molar refractivity (Wildman–Crippen MR) is 77.6 cm³/mol. The van der Waals surface area contributed by atoms with Crippen LogP contribution in [0.5, 0.6) is 0 Å². The molecule has 1 N–H and O–H groups in total. The molecule has 2 rings (SSSR count). The second kappa shape index (κ2) is 6.95. The average Bonchev–Trinajstić information content (AvgIpc) is 2.43. The number of hydrogen-bond acceptors (Lipinski definition) is 2. The Morgan fingerprint density at radius 3 is 2.47 bits per heavy atom. The molecule has 0 saturated carbocycles. The summed E-state index contributed by atoms with van der Waals surface area (Å²) in [7, 11) is 0. The number of anilines is 1. The Balaban J connectivity index is 1.78. The highest BCUT2D eigenvalue weighted by molar-refractivity contribution is 7.99. The largest absolute Gasteiger partial charge is 0.323 e. The maximum absolute atomic E-state index is 13.3. The molecule has 0 aliphatic carbocycles. The van der Waals surface area contributed by atoms with Gasteiger partial charge in [0.1, 0.15) is 5.82 Å². The Morgan fingerprint density at radius 1 is 1.05 bits per heavy atom. The van der Waals surface area contributed by atoms with Gasteiger partial charge >= 0.3 is 0 Å². The predicted octanol–water partition coefficient (Wildman–Crippen LogP) is 3.70. The molecule has 0 atom stereocenters. The zero-order chi connectivity index (χ0) is 13.5. The summed E-state index contributed by atoms with van der Waals surface area (Å²) in [6.07, 6.45) is 0. The van der Waals surface area contributed by atoms with E-state index in [-0.39, 0.29) is 11.6 Å². The summed E-state index contributed by atoms with van der Waals surface area (Å²) in [4.78, 5) is 11.7. The van der Waals surface area contributed by atoms with Crippen LogP contribution >= 0.6 is 11.8 Å².